The molecule has 1 saturated carbocycles. The molecule has 4 rings (SSSR count). The molecule has 0 spiro atoms. The molecule has 3 N–H and O–H groups in total. The molecule has 6 heteroatoms. The van der Waals surface area contributed by atoms with Gasteiger partial charge in [-0.15, -0.1) is 12.4 Å². The van der Waals surface area contributed by atoms with E-state index in [2.05, 4.69) is 29.2 Å². The number of ether oxygens (including phenoxy) is 1. The SMILES string of the molecule is Cl.NCC1(c2cccc(Cl)c2)CCC(N2C(O)OC[C@H]2c2ccccc2)CC1. The van der Waals surface area contributed by atoms with E-state index in [9.17, 15) is 5.11 Å². The van der Waals surface area contributed by atoms with Crippen molar-refractivity contribution in [2.75, 3.05) is 13.2 Å². The van der Waals surface area contributed by atoms with Crippen molar-refractivity contribution in [3.05, 3.63) is 70.7 Å². The minimum Gasteiger partial charge on any atom is -0.356 e. The number of nitrogens with two attached hydrogens (primary N) is 1. The van der Waals surface area contributed by atoms with Gasteiger partial charge in [0.05, 0.1) is 12.6 Å². The quantitative estimate of drug-likeness (QED) is 0.772. The van der Waals surface area contributed by atoms with Gasteiger partial charge in [0.15, 0.2) is 0 Å². The zero-order chi connectivity index (χ0) is 18.9. The normalized spacial score (nSPS) is 30.8. The highest BCUT2D eigenvalue weighted by molar-refractivity contribution is 6.30. The van der Waals surface area contributed by atoms with Crippen LogP contribution in [0.3, 0.4) is 0 Å². The van der Waals surface area contributed by atoms with Gasteiger partial charge >= 0.3 is 0 Å². The van der Waals surface area contributed by atoms with Gasteiger partial charge in [0.1, 0.15) is 0 Å². The number of hydrogen-bond acceptors (Lipinski definition) is 4. The van der Waals surface area contributed by atoms with Crippen molar-refractivity contribution in [1.82, 2.24) is 4.90 Å². The van der Waals surface area contributed by atoms with Crippen LogP contribution in [0.25, 0.3) is 0 Å². The van der Waals surface area contributed by atoms with Gasteiger partial charge < -0.3 is 15.6 Å². The first-order chi connectivity index (χ1) is 13.1. The minimum absolute atomic E-state index is 0. The number of benzene rings is 2. The molecular weight excluding hydrogens is 395 g/mol. The lowest BCUT2D eigenvalue weighted by Crippen LogP contribution is -2.48. The predicted molar refractivity (Wildman–Crippen MR) is 115 cm³/mol. The second-order valence-corrected chi connectivity index (χ2v) is 8.20. The van der Waals surface area contributed by atoms with E-state index < -0.39 is 6.41 Å². The predicted octanol–water partition coefficient (Wildman–Crippen LogP) is 4.25. The fourth-order valence-corrected chi connectivity index (χ4v) is 4.95. The molecule has 1 aliphatic heterocycles. The topological polar surface area (TPSA) is 58.7 Å². The first kappa shape index (κ1) is 21.6. The van der Waals surface area contributed by atoms with Crippen molar-refractivity contribution < 1.29 is 9.84 Å². The van der Waals surface area contributed by atoms with Gasteiger partial charge in [0.25, 0.3) is 0 Å². The molecule has 1 heterocycles. The molecule has 2 aliphatic rings. The lowest BCUT2D eigenvalue weighted by Gasteiger charge is -2.44. The van der Waals surface area contributed by atoms with Gasteiger partial charge in [-0.25, -0.2) is 4.90 Å². The van der Waals surface area contributed by atoms with Gasteiger partial charge in [-0.3, -0.25) is 0 Å². The summed E-state index contributed by atoms with van der Waals surface area (Å²) in [7, 11) is 0. The maximum Gasteiger partial charge on any atom is 0.217 e. The zero-order valence-electron chi connectivity index (χ0n) is 15.8. The van der Waals surface area contributed by atoms with Crippen molar-refractivity contribution in [3.8, 4) is 0 Å². The lowest BCUT2D eigenvalue weighted by molar-refractivity contribution is -0.154. The number of aliphatic hydroxyl groups is 1. The van der Waals surface area contributed by atoms with E-state index in [-0.39, 0.29) is 29.9 Å². The molecule has 2 atom stereocenters. The molecule has 1 unspecified atom stereocenters. The molecule has 2 aromatic rings. The monoisotopic (exact) mass is 422 g/mol. The number of nitrogens with zero attached hydrogens (tertiary/aromatic N) is 1. The van der Waals surface area contributed by atoms with E-state index in [1.807, 2.05) is 30.3 Å². The summed E-state index contributed by atoms with van der Waals surface area (Å²) in [5.41, 5.74) is 8.63. The highest BCUT2D eigenvalue weighted by atomic mass is 35.5. The van der Waals surface area contributed by atoms with Crippen LogP contribution in [-0.4, -0.2) is 35.6 Å². The third kappa shape index (κ3) is 4.09. The fourth-order valence-electron chi connectivity index (χ4n) is 4.76. The third-order valence-electron chi connectivity index (χ3n) is 6.36. The first-order valence-corrected chi connectivity index (χ1v) is 10.1. The summed E-state index contributed by atoms with van der Waals surface area (Å²) in [6.45, 7) is 1.14. The first-order valence-electron chi connectivity index (χ1n) is 9.71. The molecule has 4 nitrogen and oxygen atoms in total. The summed E-state index contributed by atoms with van der Waals surface area (Å²) >= 11 is 6.22. The van der Waals surface area contributed by atoms with E-state index in [1.54, 1.807) is 0 Å². The standard InChI is InChI=1S/C22H27ClN2O2.ClH/c23-18-8-4-7-17(13-18)22(15-24)11-9-19(10-12-22)25-20(14-27-21(25)26)16-5-2-1-3-6-16;/h1-8,13,19-21,26H,9-12,14-15,24H2;1H/t19?,20-,21?,22?;/m0./s1. The van der Waals surface area contributed by atoms with Crippen molar-refractivity contribution in [2.24, 2.45) is 5.73 Å². The van der Waals surface area contributed by atoms with Gasteiger partial charge in [-0.1, -0.05) is 54.1 Å². The maximum atomic E-state index is 10.5. The maximum absolute atomic E-state index is 10.5. The van der Waals surface area contributed by atoms with E-state index in [0.29, 0.717) is 13.2 Å². The second kappa shape index (κ2) is 9.12. The van der Waals surface area contributed by atoms with Crippen LogP contribution in [0.4, 0.5) is 0 Å². The Hall–Kier alpha value is -1.14. The van der Waals surface area contributed by atoms with Gasteiger partial charge in [0.2, 0.25) is 6.41 Å². The number of halogens is 2. The molecule has 0 bridgehead atoms. The smallest absolute Gasteiger partial charge is 0.217 e. The summed E-state index contributed by atoms with van der Waals surface area (Å²) < 4.78 is 5.60. The zero-order valence-corrected chi connectivity index (χ0v) is 17.4. The molecule has 0 aromatic heterocycles. The van der Waals surface area contributed by atoms with E-state index >= 15 is 0 Å². The Morgan fingerprint density at radius 1 is 1.11 bits per heavy atom. The Kier molecular flexibility index (Phi) is 7.02. The van der Waals surface area contributed by atoms with Crippen molar-refractivity contribution in [1.29, 1.82) is 0 Å². The summed E-state index contributed by atoms with van der Waals surface area (Å²) in [6.07, 6.45) is 3.09. The molecule has 2 aromatic carbocycles. The summed E-state index contributed by atoms with van der Waals surface area (Å²) in [5.74, 6) is 0. The van der Waals surface area contributed by atoms with E-state index in [4.69, 9.17) is 22.1 Å². The van der Waals surface area contributed by atoms with Crippen molar-refractivity contribution in [3.63, 3.8) is 0 Å². The average Bonchev–Trinajstić information content (AvgIpc) is 3.10. The van der Waals surface area contributed by atoms with Crippen molar-refractivity contribution in [2.45, 2.75) is 49.6 Å². The van der Waals surface area contributed by atoms with Crippen LogP contribution in [0.15, 0.2) is 54.6 Å². The van der Waals surface area contributed by atoms with Crippen LogP contribution in [0.5, 0.6) is 0 Å². The number of aliphatic hydroxyl groups excluding tert-OH is 1. The second-order valence-electron chi connectivity index (χ2n) is 7.76. The van der Waals surface area contributed by atoms with Crippen LogP contribution >= 0.6 is 24.0 Å². The minimum atomic E-state index is -0.836. The Labute approximate surface area is 178 Å². The largest absolute Gasteiger partial charge is 0.356 e. The van der Waals surface area contributed by atoms with E-state index in [1.165, 1.54) is 11.1 Å². The average molecular weight is 423 g/mol. The fraction of sp³-hybridized carbons (Fsp3) is 0.455. The molecule has 28 heavy (non-hydrogen) atoms. The molecule has 2 fully saturated rings. The summed E-state index contributed by atoms with van der Waals surface area (Å²) in [4.78, 5) is 2.15. The Morgan fingerprint density at radius 2 is 1.82 bits per heavy atom. The summed E-state index contributed by atoms with van der Waals surface area (Å²) in [5, 5.41) is 11.2. The van der Waals surface area contributed by atoms with Crippen LogP contribution in [0, 0.1) is 0 Å². The van der Waals surface area contributed by atoms with Crippen LogP contribution in [0.2, 0.25) is 5.02 Å². The number of rotatable bonds is 4. The van der Waals surface area contributed by atoms with Gasteiger partial charge in [-0.2, -0.15) is 0 Å². The van der Waals surface area contributed by atoms with Crippen LogP contribution in [-0.2, 0) is 10.2 Å². The lowest BCUT2D eigenvalue weighted by atomic mass is 9.68. The van der Waals surface area contributed by atoms with E-state index in [0.717, 1.165) is 30.7 Å². The Bertz CT molecular complexity index is 766. The van der Waals surface area contributed by atoms with Crippen LogP contribution < -0.4 is 5.73 Å². The Balaban J connectivity index is 0.00000225. The molecule has 0 radical (unpaired) electrons. The molecule has 1 aliphatic carbocycles. The molecule has 1 saturated heterocycles. The van der Waals surface area contributed by atoms with Gasteiger partial charge in [-0.05, 0) is 48.9 Å². The van der Waals surface area contributed by atoms with Crippen molar-refractivity contribution >= 4 is 24.0 Å². The van der Waals surface area contributed by atoms with Crippen LogP contribution in [0.1, 0.15) is 42.9 Å². The highest BCUT2D eigenvalue weighted by Crippen LogP contribution is 2.44. The molecular formula is C22H28Cl2N2O2. The summed E-state index contributed by atoms with van der Waals surface area (Å²) in [6, 6.07) is 18.8. The third-order valence-corrected chi connectivity index (χ3v) is 6.60. The number of hydrogen-bond donors (Lipinski definition) is 2. The molecule has 0 amide bonds. The highest BCUT2D eigenvalue weighted by Gasteiger charge is 2.43. The molecule has 152 valence electrons. The van der Waals surface area contributed by atoms with Gasteiger partial charge in [0, 0.05) is 23.0 Å². The Morgan fingerprint density at radius 3 is 2.46 bits per heavy atom.